The van der Waals surface area contributed by atoms with Crippen LogP contribution in [0.1, 0.15) is 207 Å². The fraction of sp³-hybridized carbons (Fsp3) is 0.958. The SMILES string of the molecule is CCCCCCC(C)CCCCCCCCCC(=O)OCC1OC(OC2C(O)C(O)C(O)C(O)C2O)C(O)C(O)C1OC(=O)CCCCCCCCCC(C)CCCCCC. The minimum atomic E-state index is -1.89. The van der Waals surface area contributed by atoms with Gasteiger partial charge in [0.25, 0.3) is 0 Å². The van der Waals surface area contributed by atoms with E-state index in [0.717, 1.165) is 56.8 Å². The summed E-state index contributed by atoms with van der Waals surface area (Å²) in [4.78, 5) is 25.8. The summed E-state index contributed by atoms with van der Waals surface area (Å²) in [6.45, 7) is 8.74. The number of esters is 2. The predicted molar refractivity (Wildman–Crippen MR) is 235 cm³/mol. The number of rotatable bonds is 35. The first-order valence-corrected chi connectivity index (χ1v) is 24.7. The Labute approximate surface area is 368 Å². The Kier molecular flexibility index (Phi) is 30.2. The van der Waals surface area contributed by atoms with E-state index in [0.29, 0.717) is 12.8 Å². The molecule has 0 aromatic rings. The molecule has 61 heavy (non-hydrogen) atoms. The number of ether oxygens (including phenoxy) is 4. The van der Waals surface area contributed by atoms with Crippen molar-refractivity contribution in [2.24, 2.45) is 11.8 Å². The summed E-state index contributed by atoms with van der Waals surface area (Å²) in [7, 11) is 0. The normalized spacial score (nSPS) is 29.0. The molecule has 1 heterocycles. The molecule has 2 aliphatic rings. The van der Waals surface area contributed by atoms with Crippen LogP contribution in [0.15, 0.2) is 0 Å². The first kappa shape index (κ1) is 55.7. The summed E-state index contributed by atoms with van der Waals surface area (Å²) in [6.07, 6.45) is 11.0. The average molecular weight is 875 g/mol. The highest BCUT2D eigenvalue weighted by atomic mass is 16.7. The molecule has 0 bridgehead atoms. The minimum Gasteiger partial charge on any atom is -0.463 e. The highest BCUT2D eigenvalue weighted by Crippen LogP contribution is 2.31. The Morgan fingerprint density at radius 2 is 0.820 bits per heavy atom. The molecule has 13 heteroatoms. The molecule has 1 saturated carbocycles. The van der Waals surface area contributed by atoms with E-state index in [-0.39, 0.29) is 12.8 Å². The van der Waals surface area contributed by atoms with Crippen molar-refractivity contribution in [1.82, 2.24) is 0 Å². The highest BCUT2D eigenvalue weighted by molar-refractivity contribution is 5.70. The van der Waals surface area contributed by atoms with E-state index in [9.17, 15) is 45.3 Å². The Morgan fingerprint density at radius 1 is 0.459 bits per heavy atom. The fourth-order valence-corrected chi connectivity index (χ4v) is 8.69. The van der Waals surface area contributed by atoms with Crippen LogP contribution in [-0.4, -0.2) is 122 Å². The van der Waals surface area contributed by atoms with E-state index in [4.69, 9.17) is 18.9 Å². The Hall–Kier alpha value is -1.42. The summed E-state index contributed by atoms with van der Waals surface area (Å²) in [6, 6.07) is 0. The zero-order valence-electron chi connectivity index (χ0n) is 38.6. The molecule has 1 saturated heterocycles. The molecule has 0 spiro atoms. The van der Waals surface area contributed by atoms with Crippen LogP contribution in [-0.2, 0) is 28.5 Å². The quantitative estimate of drug-likeness (QED) is 0.0246. The summed E-state index contributed by atoms with van der Waals surface area (Å²) in [5.74, 6) is 0.449. The predicted octanol–water partition coefficient (Wildman–Crippen LogP) is 7.33. The summed E-state index contributed by atoms with van der Waals surface area (Å²) < 4.78 is 22.6. The van der Waals surface area contributed by atoms with Crippen molar-refractivity contribution in [2.45, 2.75) is 275 Å². The molecule has 0 radical (unpaired) electrons. The third kappa shape index (κ3) is 22.4. The second kappa shape index (κ2) is 33.1. The van der Waals surface area contributed by atoms with Crippen molar-refractivity contribution in [1.29, 1.82) is 0 Å². The summed E-state index contributed by atoms with van der Waals surface area (Å²) >= 11 is 0. The molecule has 1 aliphatic carbocycles. The number of carbonyl (C=O) groups is 2. The van der Waals surface area contributed by atoms with Crippen LogP contribution in [0.3, 0.4) is 0 Å². The molecular weight excluding hydrogens is 785 g/mol. The van der Waals surface area contributed by atoms with Crippen molar-refractivity contribution in [3.8, 4) is 0 Å². The van der Waals surface area contributed by atoms with Crippen molar-refractivity contribution < 1.29 is 64.3 Å². The molecule has 13 nitrogen and oxygen atoms in total. The number of aliphatic hydroxyl groups is 7. The lowest BCUT2D eigenvalue weighted by Gasteiger charge is -2.46. The van der Waals surface area contributed by atoms with E-state index in [1.54, 1.807) is 0 Å². The maximum atomic E-state index is 13.0. The first-order chi connectivity index (χ1) is 29.3. The fourth-order valence-electron chi connectivity index (χ4n) is 8.69. The van der Waals surface area contributed by atoms with Gasteiger partial charge in [-0.25, -0.2) is 0 Å². The van der Waals surface area contributed by atoms with Gasteiger partial charge in [0.15, 0.2) is 12.4 Å². The molecular formula is C48H90O13. The van der Waals surface area contributed by atoms with Gasteiger partial charge in [-0.1, -0.05) is 182 Å². The van der Waals surface area contributed by atoms with Gasteiger partial charge in [0.2, 0.25) is 0 Å². The van der Waals surface area contributed by atoms with Crippen LogP contribution in [0.5, 0.6) is 0 Å². The van der Waals surface area contributed by atoms with Crippen LogP contribution in [0.2, 0.25) is 0 Å². The number of carbonyl (C=O) groups excluding carboxylic acids is 2. The van der Waals surface area contributed by atoms with Crippen molar-refractivity contribution in [2.75, 3.05) is 6.61 Å². The average Bonchev–Trinajstić information content (AvgIpc) is 3.24. The molecule has 2 rings (SSSR count). The minimum absolute atomic E-state index is 0.0815. The van der Waals surface area contributed by atoms with E-state index in [1.165, 1.54) is 109 Å². The van der Waals surface area contributed by atoms with Crippen molar-refractivity contribution in [3.63, 3.8) is 0 Å². The Bertz CT molecular complexity index is 1100. The van der Waals surface area contributed by atoms with E-state index in [1.807, 2.05) is 0 Å². The van der Waals surface area contributed by atoms with Crippen LogP contribution in [0.25, 0.3) is 0 Å². The Balaban J connectivity index is 1.82. The molecule has 0 aromatic carbocycles. The first-order valence-electron chi connectivity index (χ1n) is 24.7. The van der Waals surface area contributed by atoms with Crippen LogP contribution >= 0.6 is 0 Å². The molecule has 0 amide bonds. The van der Waals surface area contributed by atoms with E-state index < -0.39 is 85.9 Å². The van der Waals surface area contributed by atoms with Gasteiger partial charge in [-0.2, -0.15) is 0 Å². The number of hydrogen-bond donors (Lipinski definition) is 7. The molecule has 0 aromatic heterocycles. The number of unbranched alkanes of at least 4 members (excludes halogenated alkanes) is 18. The van der Waals surface area contributed by atoms with Crippen molar-refractivity contribution >= 4 is 11.9 Å². The van der Waals surface area contributed by atoms with Gasteiger partial charge in [-0.3, -0.25) is 9.59 Å². The third-order valence-corrected chi connectivity index (χ3v) is 12.9. The van der Waals surface area contributed by atoms with Crippen molar-refractivity contribution in [3.05, 3.63) is 0 Å². The lowest BCUT2D eigenvalue weighted by molar-refractivity contribution is -0.340. The molecule has 11 atom stereocenters. The molecule has 2 fully saturated rings. The number of hydrogen-bond acceptors (Lipinski definition) is 13. The van der Waals surface area contributed by atoms with Crippen LogP contribution in [0, 0.1) is 11.8 Å². The largest absolute Gasteiger partial charge is 0.463 e. The van der Waals surface area contributed by atoms with E-state index >= 15 is 0 Å². The summed E-state index contributed by atoms with van der Waals surface area (Å²) in [5, 5.41) is 73.5. The summed E-state index contributed by atoms with van der Waals surface area (Å²) in [5.41, 5.74) is 0. The maximum absolute atomic E-state index is 13.0. The number of aliphatic hydroxyl groups excluding tert-OH is 7. The molecule has 11 unspecified atom stereocenters. The lowest BCUT2D eigenvalue weighted by Crippen LogP contribution is -2.67. The highest BCUT2D eigenvalue weighted by Gasteiger charge is 2.53. The second-order valence-electron chi connectivity index (χ2n) is 18.7. The monoisotopic (exact) mass is 875 g/mol. The zero-order valence-corrected chi connectivity index (χ0v) is 38.6. The van der Waals surface area contributed by atoms with Gasteiger partial charge in [0, 0.05) is 12.8 Å². The topological polar surface area (TPSA) is 213 Å². The van der Waals surface area contributed by atoms with Crippen LogP contribution in [0.4, 0.5) is 0 Å². The van der Waals surface area contributed by atoms with Crippen LogP contribution < -0.4 is 0 Å². The molecule has 360 valence electrons. The Morgan fingerprint density at radius 3 is 1.26 bits per heavy atom. The second-order valence-corrected chi connectivity index (χ2v) is 18.7. The smallest absolute Gasteiger partial charge is 0.306 e. The standard InChI is InChI=1S/C48H90O13/c1-5-7-9-21-27-34(3)29-23-17-13-11-15-19-25-31-37(49)58-33-36-46(44(56)45(57)48(59-36)61-47-42(54)40(52)39(51)41(53)43(47)55)60-38(50)32-26-20-16-12-14-18-24-30-35(4)28-22-10-8-6-2/h34-36,39-48,51-57H,5-33H2,1-4H3. The van der Waals surface area contributed by atoms with Gasteiger partial charge in [0.1, 0.15) is 61.5 Å². The molecule has 7 N–H and O–H groups in total. The third-order valence-electron chi connectivity index (χ3n) is 12.9. The van der Waals surface area contributed by atoms with Gasteiger partial charge in [0.05, 0.1) is 0 Å². The van der Waals surface area contributed by atoms with Gasteiger partial charge in [-0.05, 0) is 24.7 Å². The lowest BCUT2D eigenvalue weighted by atomic mass is 9.84. The zero-order chi connectivity index (χ0) is 45.0. The maximum Gasteiger partial charge on any atom is 0.306 e. The van der Waals surface area contributed by atoms with Gasteiger partial charge in [-0.15, -0.1) is 0 Å². The molecule has 1 aliphatic heterocycles. The van der Waals surface area contributed by atoms with E-state index in [2.05, 4.69) is 27.7 Å². The van der Waals surface area contributed by atoms with Gasteiger partial charge < -0.3 is 54.7 Å². The van der Waals surface area contributed by atoms with Gasteiger partial charge >= 0.3 is 11.9 Å².